The van der Waals surface area contributed by atoms with Crippen molar-refractivity contribution in [1.29, 1.82) is 0 Å². The van der Waals surface area contributed by atoms with Gasteiger partial charge < -0.3 is 4.57 Å². The molecule has 0 atom stereocenters. The third-order valence-corrected chi connectivity index (χ3v) is 13.6. The van der Waals surface area contributed by atoms with E-state index in [4.69, 9.17) is 15.0 Å². The van der Waals surface area contributed by atoms with Gasteiger partial charge in [0, 0.05) is 58.5 Å². The van der Waals surface area contributed by atoms with Crippen LogP contribution in [-0.2, 0) is 0 Å². The maximum atomic E-state index is 5.52. The average molecular weight is 822 g/mol. The van der Waals surface area contributed by atoms with Crippen LogP contribution >= 0.6 is 11.3 Å². The Balaban J connectivity index is 1.12. The second kappa shape index (κ2) is 14.2. The molecule has 63 heavy (non-hydrogen) atoms. The average Bonchev–Trinajstić information content (AvgIpc) is 4.01. The van der Waals surface area contributed by atoms with Crippen molar-refractivity contribution in [2.75, 3.05) is 0 Å². The van der Waals surface area contributed by atoms with E-state index in [2.05, 4.69) is 203 Å². The first-order chi connectivity index (χ1) is 31.2. The van der Waals surface area contributed by atoms with Crippen LogP contribution in [0.25, 0.3) is 120 Å². The highest BCUT2D eigenvalue weighted by molar-refractivity contribution is 7.26. The minimum atomic E-state index is 0.570. The van der Waals surface area contributed by atoms with Crippen molar-refractivity contribution in [1.82, 2.24) is 24.1 Å². The molecule has 0 spiro atoms. The highest BCUT2D eigenvalue weighted by atomic mass is 32.1. The number of aromatic nitrogens is 5. The zero-order valence-electron chi connectivity index (χ0n) is 33.9. The lowest BCUT2D eigenvalue weighted by Gasteiger charge is -2.14. The zero-order chi connectivity index (χ0) is 41.4. The number of rotatable bonds is 6. The predicted molar refractivity (Wildman–Crippen MR) is 263 cm³/mol. The summed E-state index contributed by atoms with van der Waals surface area (Å²) in [5, 5.41) is 7.08. The van der Waals surface area contributed by atoms with E-state index in [9.17, 15) is 0 Å². The van der Waals surface area contributed by atoms with E-state index in [1.165, 1.54) is 37.5 Å². The van der Waals surface area contributed by atoms with Crippen LogP contribution in [0.5, 0.6) is 0 Å². The fourth-order valence-electron chi connectivity index (χ4n) is 9.47. The van der Waals surface area contributed by atoms with Crippen LogP contribution in [0.15, 0.2) is 212 Å². The third kappa shape index (κ3) is 5.73. The van der Waals surface area contributed by atoms with E-state index >= 15 is 0 Å². The summed E-state index contributed by atoms with van der Waals surface area (Å²) >= 11 is 1.80. The van der Waals surface area contributed by atoms with E-state index in [1.807, 2.05) is 18.2 Å². The number of benzene rings is 9. The van der Waals surface area contributed by atoms with Gasteiger partial charge in [-0.1, -0.05) is 164 Å². The highest BCUT2D eigenvalue weighted by Gasteiger charge is 2.23. The van der Waals surface area contributed by atoms with Crippen LogP contribution in [-0.4, -0.2) is 24.1 Å². The van der Waals surface area contributed by atoms with Gasteiger partial charge in [-0.3, -0.25) is 4.57 Å². The first-order valence-electron chi connectivity index (χ1n) is 21.2. The second-order valence-electron chi connectivity index (χ2n) is 16.0. The monoisotopic (exact) mass is 821 g/mol. The van der Waals surface area contributed by atoms with Crippen molar-refractivity contribution in [3.05, 3.63) is 212 Å². The molecule has 0 bridgehead atoms. The molecule has 13 rings (SSSR count). The molecule has 0 fully saturated rings. The van der Waals surface area contributed by atoms with Gasteiger partial charge in [0.05, 0.1) is 22.1 Å². The summed E-state index contributed by atoms with van der Waals surface area (Å²) in [6.07, 6.45) is 0. The second-order valence-corrected chi connectivity index (χ2v) is 17.1. The first-order valence-corrected chi connectivity index (χ1v) is 22.0. The van der Waals surface area contributed by atoms with Gasteiger partial charge in [0.1, 0.15) is 0 Å². The van der Waals surface area contributed by atoms with Crippen LogP contribution in [0.4, 0.5) is 0 Å². The topological polar surface area (TPSA) is 48.5 Å². The molecule has 0 aliphatic carbocycles. The zero-order valence-corrected chi connectivity index (χ0v) is 34.7. The van der Waals surface area contributed by atoms with Gasteiger partial charge in [-0.25, -0.2) is 4.98 Å². The Bertz CT molecular complexity index is 3850. The number of nitrogens with zero attached hydrogens (tertiary/aromatic N) is 5. The van der Waals surface area contributed by atoms with Gasteiger partial charge in [0.25, 0.3) is 0 Å². The van der Waals surface area contributed by atoms with Crippen molar-refractivity contribution in [2.45, 2.75) is 0 Å². The Morgan fingerprint density at radius 3 is 1.48 bits per heavy atom. The van der Waals surface area contributed by atoms with Crippen LogP contribution in [0.2, 0.25) is 0 Å². The lowest BCUT2D eigenvalue weighted by atomic mass is 10.0. The Labute approximate surface area is 366 Å². The number of hydrogen-bond acceptors (Lipinski definition) is 4. The Morgan fingerprint density at radius 2 is 0.825 bits per heavy atom. The maximum absolute atomic E-state index is 5.52. The molecule has 4 aromatic heterocycles. The van der Waals surface area contributed by atoms with Gasteiger partial charge in [0.2, 0.25) is 5.95 Å². The summed E-state index contributed by atoms with van der Waals surface area (Å²) in [6.45, 7) is 0. The fourth-order valence-corrected chi connectivity index (χ4v) is 10.7. The fraction of sp³-hybridized carbons (Fsp3) is 0. The van der Waals surface area contributed by atoms with Crippen molar-refractivity contribution in [3.8, 4) is 56.7 Å². The normalized spacial score (nSPS) is 11.8. The number of para-hydroxylation sites is 3. The Hall–Kier alpha value is -8.19. The van der Waals surface area contributed by atoms with E-state index in [0.29, 0.717) is 17.6 Å². The third-order valence-electron chi connectivity index (χ3n) is 12.4. The Kier molecular flexibility index (Phi) is 8.01. The standard InChI is InChI=1S/C57H35N5S/c1-4-16-36(17-5-1)39-29-31-52-46(32-39)44-24-12-15-27-51(44)62(52)57-59-55(38-20-8-3-9-21-38)58-56(60-57)48-35-41(61-49-25-13-10-22-42(49)43-23-11-14-26-50(43)61)34-47-45-30-28-40(33-53(45)63-54(47)48)37-18-6-2-7-19-37/h1-35H. The molecular formula is C57H35N5S. The van der Waals surface area contributed by atoms with Gasteiger partial charge >= 0.3 is 0 Å². The summed E-state index contributed by atoms with van der Waals surface area (Å²) in [5.41, 5.74) is 12.0. The molecule has 5 nitrogen and oxygen atoms in total. The van der Waals surface area contributed by atoms with Crippen LogP contribution in [0.1, 0.15) is 0 Å². The van der Waals surface area contributed by atoms with E-state index in [0.717, 1.165) is 65.3 Å². The molecule has 0 N–H and O–H groups in total. The van der Waals surface area contributed by atoms with Gasteiger partial charge in [-0.2, -0.15) is 9.97 Å². The van der Waals surface area contributed by atoms with Crippen LogP contribution in [0, 0.1) is 0 Å². The molecular weight excluding hydrogens is 787 g/mol. The van der Waals surface area contributed by atoms with Gasteiger partial charge in [-0.15, -0.1) is 11.3 Å². The molecule has 0 aliphatic rings. The molecule has 0 saturated heterocycles. The van der Waals surface area contributed by atoms with Crippen molar-refractivity contribution in [3.63, 3.8) is 0 Å². The number of fused-ring (bicyclic) bond motifs is 9. The van der Waals surface area contributed by atoms with Crippen molar-refractivity contribution >= 4 is 75.1 Å². The van der Waals surface area contributed by atoms with E-state index in [1.54, 1.807) is 11.3 Å². The van der Waals surface area contributed by atoms with E-state index in [-0.39, 0.29) is 0 Å². The molecule has 0 unspecified atom stereocenters. The maximum Gasteiger partial charge on any atom is 0.238 e. The molecule has 0 aliphatic heterocycles. The van der Waals surface area contributed by atoms with Crippen molar-refractivity contribution < 1.29 is 0 Å². The molecule has 0 radical (unpaired) electrons. The highest BCUT2D eigenvalue weighted by Crippen LogP contribution is 2.44. The molecule has 13 aromatic rings. The number of thiophene rings is 1. The van der Waals surface area contributed by atoms with Gasteiger partial charge in [-0.05, 0) is 70.8 Å². The summed E-state index contributed by atoms with van der Waals surface area (Å²) in [5.74, 6) is 1.80. The summed E-state index contributed by atoms with van der Waals surface area (Å²) in [7, 11) is 0. The lowest BCUT2D eigenvalue weighted by Crippen LogP contribution is -2.06. The summed E-state index contributed by atoms with van der Waals surface area (Å²) < 4.78 is 6.95. The van der Waals surface area contributed by atoms with Crippen LogP contribution < -0.4 is 0 Å². The number of hydrogen-bond donors (Lipinski definition) is 0. The molecule has 9 aromatic carbocycles. The minimum absolute atomic E-state index is 0.570. The molecule has 6 heteroatoms. The van der Waals surface area contributed by atoms with Crippen molar-refractivity contribution in [2.24, 2.45) is 0 Å². The summed E-state index contributed by atoms with van der Waals surface area (Å²) in [4.78, 5) is 16.2. The predicted octanol–water partition coefficient (Wildman–Crippen LogP) is 15.1. The quantitative estimate of drug-likeness (QED) is 0.168. The lowest BCUT2D eigenvalue weighted by molar-refractivity contribution is 0.954. The molecule has 0 amide bonds. The smallest absolute Gasteiger partial charge is 0.238 e. The Morgan fingerprint density at radius 1 is 0.317 bits per heavy atom. The largest absolute Gasteiger partial charge is 0.309 e. The minimum Gasteiger partial charge on any atom is -0.309 e. The molecule has 0 saturated carbocycles. The van der Waals surface area contributed by atoms with Crippen LogP contribution in [0.3, 0.4) is 0 Å². The molecule has 294 valence electrons. The SMILES string of the molecule is c1ccc(-c2ccc3c(c2)sc2c(-c4nc(-c5ccccc5)nc(-n5c6ccccc6c6cc(-c7ccccc7)ccc65)n4)cc(-n4c5ccccc5c5ccccc54)cc23)cc1. The van der Waals surface area contributed by atoms with Gasteiger partial charge in [0.15, 0.2) is 11.6 Å². The summed E-state index contributed by atoms with van der Waals surface area (Å²) in [6, 6.07) is 75.6. The first kappa shape index (κ1) is 35.6. The molecule has 4 heterocycles. The van der Waals surface area contributed by atoms with E-state index < -0.39 is 0 Å².